The van der Waals surface area contributed by atoms with Crippen LogP contribution in [0.2, 0.25) is 0 Å². The molecule has 1 aromatic carbocycles. The van der Waals surface area contributed by atoms with Crippen LogP contribution in [-0.4, -0.2) is 32.1 Å². The van der Waals surface area contributed by atoms with Crippen molar-refractivity contribution in [2.45, 2.75) is 20.0 Å². The van der Waals surface area contributed by atoms with Gasteiger partial charge in [0, 0.05) is 19.0 Å². The third-order valence-corrected chi connectivity index (χ3v) is 3.01. The molecule has 0 saturated carbocycles. The summed E-state index contributed by atoms with van der Waals surface area (Å²) >= 11 is 0. The lowest BCUT2D eigenvalue weighted by molar-refractivity contribution is -0.137. The van der Waals surface area contributed by atoms with E-state index in [1.807, 2.05) is 0 Å². The molecular formula is C15H20F3N3O3. The quantitative estimate of drug-likeness (QED) is 0.692. The summed E-state index contributed by atoms with van der Waals surface area (Å²) < 4.78 is 43.8. The van der Waals surface area contributed by atoms with E-state index in [9.17, 15) is 22.8 Å². The van der Waals surface area contributed by atoms with Gasteiger partial charge in [-0.25, -0.2) is 4.79 Å². The topological polar surface area (TPSA) is 79.5 Å². The van der Waals surface area contributed by atoms with E-state index < -0.39 is 17.8 Å². The van der Waals surface area contributed by atoms with Crippen molar-refractivity contribution in [1.82, 2.24) is 10.6 Å². The van der Waals surface area contributed by atoms with Crippen LogP contribution in [-0.2, 0) is 11.0 Å². The molecular weight excluding hydrogens is 327 g/mol. The molecule has 1 aromatic rings. The lowest BCUT2D eigenvalue weighted by Gasteiger charge is -2.15. The number of methoxy groups -OCH3 is 1. The van der Waals surface area contributed by atoms with Crippen LogP contribution in [0.5, 0.6) is 5.75 Å². The Labute approximate surface area is 137 Å². The minimum Gasteiger partial charge on any atom is -0.497 e. The van der Waals surface area contributed by atoms with Gasteiger partial charge in [-0.15, -0.1) is 0 Å². The van der Waals surface area contributed by atoms with Gasteiger partial charge in [-0.2, -0.15) is 13.2 Å². The molecule has 0 fully saturated rings. The lowest BCUT2D eigenvalue weighted by Crippen LogP contribution is -2.38. The van der Waals surface area contributed by atoms with E-state index in [-0.39, 0.29) is 36.4 Å². The number of anilines is 1. The first-order valence-corrected chi connectivity index (χ1v) is 7.23. The summed E-state index contributed by atoms with van der Waals surface area (Å²) in [5, 5.41) is 7.08. The molecule has 0 atom stereocenters. The summed E-state index contributed by atoms with van der Waals surface area (Å²) in [5.41, 5.74) is -1.39. The number of halogens is 3. The zero-order valence-corrected chi connectivity index (χ0v) is 13.6. The fourth-order valence-corrected chi connectivity index (χ4v) is 1.73. The molecule has 1 rings (SSSR count). The largest absolute Gasteiger partial charge is 0.497 e. The van der Waals surface area contributed by atoms with Gasteiger partial charge >= 0.3 is 12.2 Å². The van der Waals surface area contributed by atoms with E-state index >= 15 is 0 Å². The van der Waals surface area contributed by atoms with Gasteiger partial charge in [0.2, 0.25) is 5.91 Å². The van der Waals surface area contributed by atoms with Gasteiger partial charge in [0.1, 0.15) is 5.75 Å². The Hall–Kier alpha value is -2.45. The smallest absolute Gasteiger partial charge is 0.418 e. The van der Waals surface area contributed by atoms with Crippen molar-refractivity contribution >= 4 is 17.6 Å². The van der Waals surface area contributed by atoms with Crippen LogP contribution in [0.1, 0.15) is 19.4 Å². The van der Waals surface area contributed by atoms with E-state index in [4.69, 9.17) is 4.74 Å². The maximum atomic E-state index is 13.0. The van der Waals surface area contributed by atoms with Crippen molar-refractivity contribution in [3.63, 3.8) is 0 Å². The Kier molecular flexibility index (Phi) is 6.87. The Morgan fingerprint density at radius 1 is 1.17 bits per heavy atom. The second kappa shape index (κ2) is 8.42. The molecule has 0 radical (unpaired) electrons. The molecule has 0 unspecified atom stereocenters. The molecule has 9 heteroatoms. The first kappa shape index (κ1) is 19.6. The molecule has 0 spiro atoms. The number of rotatable bonds is 6. The number of nitrogens with one attached hydrogen (secondary N) is 3. The Balaban J connectivity index is 2.62. The number of amides is 3. The third-order valence-electron chi connectivity index (χ3n) is 3.01. The van der Waals surface area contributed by atoms with Crippen LogP contribution in [0.25, 0.3) is 0 Å². The average molecular weight is 347 g/mol. The average Bonchev–Trinajstić information content (AvgIpc) is 2.50. The number of hydrogen-bond donors (Lipinski definition) is 3. The highest BCUT2D eigenvalue weighted by atomic mass is 19.4. The minimum atomic E-state index is -4.64. The Morgan fingerprint density at radius 2 is 1.79 bits per heavy atom. The number of benzene rings is 1. The normalized spacial score (nSPS) is 11.1. The zero-order chi connectivity index (χ0) is 18.3. The van der Waals surface area contributed by atoms with Crippen molar-refractivity contribution in [3.05, 3.63) is 23.8 Å². The summed E-state index contributed by atoms with van der Waals surface area (Å²) in [6.07, 6.45) is -4.64. The van der Waals surface area contributed by atoms with Gasteiger partial charge < -0.3 is 20.7 Å². The fraction of sp³-hybridized carbons (Fsp3) is 0.467. The second-order valence-electron chi connectivity index (χ2n) is 5.24. The maximum absolute atomic E-state index is 13.0. The molecule has 6 nitrogen and oxygen atoms in total. The predicted octanol–water partition coefficient (Wildman–Crippen LogP) is 2.61. The lowest BCUT2D eigenvalue weighted by atomic mass is 10.1. The van der Waals surface area contributed by atoms with Crippen LogP contribution in [0.3, 0.4) is 0 Å². The summed E-state index contributed by atoms with van der Waals surface area (Å²) in [6, 6.07) is 2.43. The van der Waals surface area contributed by atoms with Crippen molar-refractivity contribution in [3.8, 4) is 5.75 Å². The third kappa shape index (κ3) is 5.98. The van der Waals surface area contributed by atoms with Crippen molar-refractivity contribution < 1.29 is 27.5 Å². The highest BCUT2D eigenvalue weighted by Crippen LogP contribution is 2.37. The first-order valence-electron chi connectivity index (χ1n) is 7.23. The first-order chi connectivity index (χ1) is 11.1. The van der Waals surface area contributed by atoms with Crippen molar-refractivity contribution in [2.75, 3.05) is 25.5 Å². The van der Waals surface area contributed by atoms with Gasteiger partial charge in [0.05, 0.1) is 18.4 Å². The minimum absolute atomic E-state index is 0.0321. The van der Waals surface area contributed by atoms with E-state index in [1.165, 1.54) is 13.2 Å². The van der Waals surface area contributed by atoms with E-state index in [2.05, 4.69) is 16.0 Å². The zero-order valence-electron chi connectivity index (χ0n) is 13.6. The van der Waals surface area contributed by atoms with Crippen LogP contribution < -0.4 is 20.7 Å². The number of alkyl halides is 3. The molecule has 0 saturated heterocycles. The predicted molar refractivity (Wildman–Crippen MR) is 82.9 cm³/mol. The van der Waals surface area contributed by atoms with Crippen molar-refractivity contribution in [1.29, 1.82) is 0 Å². The highest BCUT2D eigenvalue weighted by molar-refractivity contribution is 5.90. The molecule has 3 amide bonds. The van der Waals surface area contributed by atoms with Gasteiger partial charge in [0.15, 0.2) is 0 Å². The maximum Gasteiger partial charge on any atom is 0.418 e. The molecule has 0 aromatic heterocycles. The number of hydrogen-bond acceptors (Lipinski definition) is 3. The Morgan fingerprint density at radius 3 is 2.33 bits per heavy atom. The molecule has 0 aliphatic carbocycles. The standard InChI is InChI=1S/C15H20F3N3O3/c1-9(2)13(22)19-6-7-20-14(23)21-12-5-4-10(24-3)8-11(12)15(16,17)18/h4-5,8-9H,6-7H2,1-3H3,(H,19,22)(H2,20,21,23). The highest BCUT2D eigenvalue weighted by Gasteiger charge is 2.34. The van der Waals surface area contributed by atoms with Crippen LogP contribution in [0.4, 0.5) is 23.7 Å². The number of carbonyl (C=O) groups is 2. The van der Waals surface area contributed by atoms with Gasteiger partial charge in [-0.3, -0.25) is 4.79 Å². The van der Waals surface area contributed by atoms with E-state index in [0.717, 1.165) is 12.1 Å². The summed E-state index contributed by atoms with van der Waals surface area (Å²) in [4.78, 5) is 23.0. The van der Waals surface area contributed by atoms with E-state index in [1.54, 1.807) is 13.8 Å². The number of carbonyl (C=O) groups excluding carboxylic acids is 2. The molecule has 0 aliphatic heterocycles. The monoisotopic (exact) mass is 347 g/mol. The number of ether oxygens (including phenoxy) is 1. The second-order valence-corrected chi connectivity index (χ2v) is 5.24. The molecule has 24 heavy (non-hydrogen) atoms. The van der Waals surface area contributed by atoms with Crippen LogP contribution >= 0.6 is 0 Å². The van der Waals surface area contributed by atoms with Gasteiger partial charge in [-0.05, 0) is 18.2 Å². The van der Waals surface area contributed by atoms with Crippen molar-refractivity contribution in [2.24, 2.45) is 5.92 Å². The summed E-state index contributed by atoms with van der Waals surface area (Å²) in [5.74, 6) is -0.330. The van der Waals surface area contributed by atoms with Crippen LogP contribution in [0, 0.1) is 5.92 Å². The fourth-order valence-electron chi connectivity index (χ4n) is 1.73. The summed E-state index contributed by atoms with van der Waals surface area (Å²) in [7, 11) is 1.25. The Bertz CT molecular complexity index is 589. The van der Waals surface area contributed by atoms with E-state index in [0.29, 0.717) is 0 Å². The number of urea groups is 1. The van der Waals surface area contributed by atoms with Crippen LogP contribution in [0.15, 0.2) is 18.2 Å². The summed E-state index contributed by atoms with van der Waals surface area (Å²) in [6.45, 7) is 3.70. The molecule has 3 N–H and O–H groups in total. The molecule has 134 valence electrons. The SMILES string of the molecule is COc1ccc(NC(=O)NCCNC(=O)C(C)C)c(C(F)(F)F)c1. The van der Waals surface area contributed by atoms with Gasteiger partial charge in [-0.1, -0.05) is 13.8 Å². The molecule has 0 heterocycles. The molecule has 0 aliphatic rings. The van der Waals surface area contributed by atoms with Gasteiger partial charge in [0.25, 0.3) is 0 Å². The molecule has 0 bridgehead atoms.